The molecule has 1 saturated heterocycles. The van der Waals surface area contributed by atoms with Crippen molar-refractivity contribution in [3.05, 3.63) is 69.7 Å². The fourth-order valence-corrected chi connectivity index (χ4v) is 7.77. The number of nitrogens with zero attached hydrogens (tertiary/aromatic N) is 1. The number of carbonyl (C=O) groups is 2. The molecule has 2 aromatic carbocycles. The summed E-state index contributed by atoms with van der Waals surface area (Å²) < 4.78 is 37.9. The van der Waals surface area contributed by atoms with Gasteiger partial charge in [-0.1, -0.05) is 12.1 Å². The first kappa shape index (κ1) is 24.2. The van der Waals surface area contributed by atoms with Crippen molar-refractivity contribution in [3.8, 4) is 0 Å². The predicted molar refractivity (Wildman–Crippen MR) is 135 cm³/mol. The lowest BCUT2D eigenvalue weighted by molar-refractivity contribution is -0.178. The highest BCUT2D eigenvalue weighted by molar-refractivity contribution is 7.91. The molecular formula is C26H25N3O6S2. The number of thiazole rings is 1. The van der Waals surface area contributed by atoms with Crippen LogP contribution < -0.4 is 10.6 Å². The van der Waals surface area contributed by atoms with Gasteiger partial charge in [0.05, 0.1) is 45.8 Å². The van der Waals surface area contributed by atoms with Crippen molar-refractivity contribution in [3.63, 3.8) is 0 Å². The van der Waals surface area contributed by atoms with Crippen LogP contribution in [0.1, 0.15) is 62.2 Å². The van der Waals surface area contributed by atoms with Gasteiger partial charge in [0.2, 0.25) is 9.84 Å². The van der Waals surface area contributed by atoms with Crippen LogP contribution in [0.4, 0.5) is 5.69 Å². The topological polar surface area (TPSA) is 124 Å². The van der Waals surface area contributed by atoms with Gasteiger partial charge in [-0.3, -0.25) is 9.59 Å². The van der Waals surface area contributed by atoms with Gasteiger partial charge >= 0.3 is 0 Å². The SMILES string of the molecule is O=C(NCc1cnc(C2CCC3(CC2)OCCO3)s1)c1ccc2c(c1)NC(=O)c1ccccc1S2(=O)=O. The third-order valence-corrected chi connectivity index (χ3v) is 10.1. The molecular weight excluding hydrogens is 514 g/mol. The first-order chi connectivity index (χ1) is 17.8. The predicted octanol–water partition coefficient (Wildman–Crippen LogP) is 3.87. The molecule has 192 valence electrons. The van der Waals surface area contributed by atoms with Crippen LogP contribution in [0.2, 0.25) is 0 Å². The molecule has 1 aliphatic carbocycles. The highest BCUT2D eigenvalue weighted by Crippen LogP contribution is 2.43. The third-order valence-electron chi connectivity index (χ3n) is 7.11. The number of benzene rings is 2. The summed E-state index contributed by atoms with van der Waals surface area (Å²) in [6, 6.07) is 10.3. The molecule has 3 aliphatic rings. The number of hydrogen-bond donors (Lipinski definition) is 2. The maximum absolute atomic E-state index is 13.1. The minimum atomic E-state index is -3.92. The summed E-state index contributed by atoms with van der Waals surface area (Å²) >= 11 is 1.58. The van der Waals surface area contributed by atoms with Crippen molar-refractivity contribution in [1.82, 2.24) is 10.3 Å². The van der Waals surface area contributed by atoms with Gasteiger partial charge in [0.25, 0.3) is 11.8 Å². The summed E-state index contributed by atoms with van der Waals surface area (Å²) in [5.74, 6) is -0.958. The number of nitrogens with one attached hydrogen (secondary N) is 2. The van der Waals surface area contributed by atoms with E-state index in [-0.39, 0.29) is 32.5 Å². The number of anilines is 1. The number of fused-ring (bicyclic) bond motifs is 2. The fourth-order valence-electron chi connectivity index (χ4n) is 5.15. The minimum Gasteiger partial charge on any atom is -0.348 e. The standard InChI is InChI=1S/C26H25N3O6S2/c30-23(27-14-18-15-28-25(36-18)16-7-9-26(10-8-16)34-11-12-35-26)17-5-6-22-20(13-17)29-24(31)19-3-1-2-4-21(19)37(22,32)33/h1-6,13,15-16H,7-12,14H2,(H,27,30)(H,29,31). The lowest BCUT2D eigenvalue weighted by Crippen LogP contribution is -2.34. The molecule has 37 heavy (non-hydrogen) atoms. The van der Waals surface area contributed by atoms with Gasteiger partial charge in [0, 0.05) is 35.4 Å². The maximum atomic E-state index is 13.1. The van der Waals surface area contributed by atoms with Crippen molar-refractivity contribution in [2.75, 3.05) is 18.5 Å². The second kappa shape index (κ2) is 9.32. The average molecular weight is 540 g/mol. The van der Waals surface area contributed by atoms with E-state index in [1.54, 1.807) is 29.7 Å². The van der Waals surface area contributed by atoms with E-state index >= 15 is 0 Å². The molecule has 0 bridgehead atoms. The zero-order valence-electron chi connectivity index (χ0n) is 19.9. The molecule has 0 radical (unpaired) electrons. The molecule has 1 spiro atoms. The second-order valence-electron chi connectivity index (χ2n) is 9.39. The molecule has 2 aliphatic heterocycles. The zero-order chi connectivity index (χ0) is 25.6. The van der Waals surface area contributed by atoms with Crippen LogP contribution in [0.5, 0.6) is 0 Å². The molecule has 1 saturated carbocycles. The normalized spacial score (nSPS) is 20.1. The Balaban J connectivity index is 1.13. The van der Waals surface area contributed by atoms with Crippen molar-refractivity contribution in [2.24, 2.45) is 0 Å². The Hall–Kier alpha value is -3.12. The van der Waals surface area contributed by atoms with Crippen LogP contribution in [0.25, 0.3) is 0 Å². The molecule has 1 aromatic heterocycles. The van der Waals surface area contributed by atoms with Gasteiger partial charge < -0.3 is 20.1 Å². The van der Waals surface area contributed by atoms with E-state index in [1.807, 2.05) is 0 Å². The lowest BCUT2D eigenvalue weighted by atomic mass is 9.85. The van der Waals surface area contributed by atoms with Gasteiger partial charge in [0.15, 0.2) is 5.79 Å². The molecule has 0 atom stereocenters. The molecule has 0 unspecified atom stereocenters. The van der Waals surface area contributed by atoms with Crippen LogP contribution in [-0.2, 0) is 25.9 Å². The van der Waals surface area contributed by atoms with E-state index in [4.69, 9.17) is 9.47 Å². The molecule has 2 N–H and O–H groups in total. The molecule has 11 heteroatoms. The Morgan fingerprint density at radius 2 is 1.86 bits per heavy atom. The number of hydrogen-bond acceptors (Lipinski definition) is 8. The van der Waals surface area contributed by atoms with E-state index in [2.05, 4.69) is 15.6 Å². The fraction of sp³-hybridized carbons (Fsp3) is 0.346. The van der Waals surface area contributed by atoms with Crippen LogP contribution in [0, 0.1) is 0 Å². The van der Waals surface area contributed by atoms with E-state index < -0.39 is 21.5 Å². The van der Waals surface area contributed by atoms with Gasteiger partial charge in [-0.05, 0) is 43.2 Å². The van der Waals surface area contributed by atoms with Gasteiger partial charge in [-0.15, -0.1) is 11.3 Å². The van der Waals surface area contributed by atoms with Gasteiger partial charge in [-0.25, -0.2) is 13.4 Å². The molecule has 2 fully saturated rings. The van der Waals surface area contributed by atoms with Crippen molar-refractivity contribution >= 4 is 38.7 Å². The first-order valence-corrected chi connectivity index (χ1v) is 14.4. The summed E-state index contributed by atoms with van der Waals surface area (Å²) in [5, 5.41) is 6.56. The summed E-state index contributed by atoms with van der Waals surface area (Å²) in [5.41, 5.74) is 0.403. The second-order valence-corrected chi connectivity index (χ2v) is 12.4. The number of aromatic nitrogens is 1. The maximum Gasteiger partial charge on any atom is 0.257 e. The van der Waals surface area contributed by atoms with Crippen LogP contribution in [0.15, 0.2) is 58.5 Å². The number of carbonyl (C=O) groups excluding carboxylic acids is 2. The summed E-state index contributed by atoms with van der Waals surface area (Å²) in [6.07, 6.45) is 5.41. The first-order valence-electron chi connectivity index (χ1n) is 12.1. The number of ether oxygens (including phenoxy) is 2. The van der Waals surface area contributed by atoms with Gasteiger partial charge in [-0.2, -0.15) is 0 Å². The van der Waals surface area contributed by atoms with E-state index in [1.165, 1.54) is 30.3 Å². The Morgan fingerprint density at radius 3 is 2.65 bits per heavy atom. The summed E-state index contributed by atoms with van der Waals surface area (Å²) in [7, 11) is -3.92. The van der Waals surface area contributed by atoms with Crippen molar-refractivity contribution < 1.29 is 27.5 Å². The number of rotatable bonds is 4. The van der Waals surface area contributed by atoms with Crippen LogP contribution in [0.3, 0.4) is 0 Å². The smallest absolute Gasteiger partial charge is 0.257 e. The Labute approximate surface area is 218 Å². The zero-order valence-corrected chi connectivity index (χ0v) is 21.5. The van der Waals surface area contributed by atoms with Gasteiger partial charge in [0.1, 0.15) is 0 Å². The molecule has 9 nitrogen and oxygen atoms in total. The van der Waals surface area contributed by atoms with E-state index in [9.17, 15) is 18.0 Å². The molecule has 6 rings (SSSR count). The Bertz CT molecular complexity index is 1480. The quantitative estimate of drug-likeness (QED) is 0.516. The highest BCUT2D eigenvalue weighted by Gasteiger charge is 2.41. The van der Waals surface area contributed by atoms with Crippen molar-refractivity contribution in [1.29, 1.82) is 0 Å². The average Bonchev–Trinajstić information content (AvgIpc) is 3.56. The van der Waals surface area contributed by atoms with E-state index in [0.717, 1.165) is 35.6 Å². The molecule has 2 amide bonds. The largest absolute Gasteiger partial charge is 0.348 e. The monoisotopic (exact) mass is 539 g/mol. The third kappa shape index (κ3) is 4.46. The summed E-state index contributed by atoms with van der Waals surface area (Å²) in [6.45, 7) is 1.62. The number of amides is 2. The van der Waals surface area contributed by atoms with Crippen LogP contribution in [-0.4, -0.2) is 44.2 Å². The summed E-state index contributed by atoms with van der Waals surface area (Å²) in [4.78, 5) is 31.0. The highest BCUT2D eigenvalue weighted by atomic mass is 32.2. The molecule has 3 heterocycles. The minimum absolute atomic E-state index is 0.0443. The van der Waals surface area contributed by atoms with E-state index in [0.29, 0.717) is 25.7 Å². The van der Waals surface area contributed by atoms with Crippen LogP contribution >= 0.6 is 11.3 Å². The molecule has 3 aromatic rings. The Morgan fingerprint density at radius 1 is 1.11 bits per heavy atom. The lowest BCUT2D eigenvalue weighted by Gasteiger charge is -2.34. The number of sulfone groups is 1. The Kier molecular flexibility index (Phi) is 6.10. The van der Waals surface area contributed by atoms with Crippen molar-refractivity contribution in [2.45, 2.75) is 53.7 Å².